The third-order valence-corrected chi connectivity index (χ3v) is 7.15. The van der Waals surface area contributed by atoms with Gasteiger partial charge in [-0.15, -0.1) is 0 Å². The van der Waals surface area contributed by atoms with Crippen LogP contribution in [-0.4, -0.2) is 28.7 Å². The van der Waals surface area contributed by atoms with E-state index >= 15 is 0 Å². The normalized spacial score (nSPS) is 43.3. The van der Waals surface area contributed by atoms with E-state index in [1.54, 1.807) is 0 Å². The number of hydrogen-bond donors (Lipinski definition) is 2. The van der Waals surface area contributed by atoms with Crippen LogP contribution in [0, 0.1) is 23.2 Å². The van der Waals surface area contributed by atoms with Crippen LogP contribution in [0.25, 0.3) is 0 Å². The summed E-state index contributed by atoms with van der Waals surface area (Å²) >= 11 is 0. The van der Waals surface area contributed by atoms with E-state index in [2.05, 4.69) is 32.6 Å². The third kappa shape index (κ3) is 3.41. The molecule has 0 heterocycles. The lowest BCUT2D eigenvalue weighted by atomic mass is 9.61. The molecule has 0 aliphatic heterocycles. The van der Waals surface area contributed by atoms with Crippen LogP contribution in [0.4, 0.5) is 0 Å². The Kier molecular flexibility index (Phi) is 5.36. The van der Waals surface area contributed by atoms with E-state index in [0.29, 0.717) is 24.7 Å². The first-order chi connectivity index (χ1) is 11.9. The van der Waals surface area contributed by atoms with Gasteiger partial charge in [-0.2, -0.15) is 0 Å². The third-order valence-electron chi connectivity index (χ3n) is 7.15. The van der Waals surface area contributed by atoms with Crippen LogP contribution in [0.5, 0.6) is 0 Å². The lowest BCUT2D eigenvalue weighted by molar-refractivity contribution is -0.113. The molecular weight excluding hydrogens is 312 g/mol. The molecule has 0 bridgehead atoms. The van der Waals surface area contributed by atoms with Crippen molar-refractivity contribution in [1.29, 1.82) is 0 Å². The van der Waals surface area contributed by atoms with Crippen molar-refractivity contribution in [2.45, 2.75) is 71.0 Å². The second-order valence-electron chi connectivity index (χ2n) is 8.66. The van der Waals surface area contributed by atoms with Gasteiger partial charge in [0.1, 0.15) is 6.29 Å². The Morgan fingerprint density at radius 3 is 2.76 bits per heavy atom. The number of aliphatic hydroxyl groups is 2. The van der Waals surface area contributed by atoms with Crippen LogP contribution in [0.2, 0.25) is 0 Å². The fourth-order valence-electron chi connectivity index (χ4n) is 5.70. The van der Waals surface area contributed by atoms with Gasteiger partial charge in [-0.25, -0.2) is 0 Å². The lowest BCUT2D eigenvalue weighted by Crippen LogP contribution is -2.36. The second kappa shape index (κ2) is 7.20. The molecule has 0 spiro atoms. The second-order valence-corrected chi connectivity index (χ2v) is 8.66. The van der Waals surface area contributed by atoms with Gasteiger partial charge in [0.15, 0.2) is 0 Å². The minimum absolute atomic E-state index is 0.135. The predicted octanol–water partition coefficient (Wildman–Crippen LogP) is 3.96. The van der Waals surface area contributed by atoms with Crippen LogP contribution in [-0.2, 0) is 4.79 Å². The molecule has 0 saturated heterocycles. The first-order valence-electron chi connectivity index (χ1n) is 9.77. The predicted molar refractivity (Wildman–Crippen MR) is 100.0 cm³/mol. The molecule has 3 rings (SSSR count). The number of carbonyl (C=O) groups excluding carboxylic acids is 1. The number of carbonyl (C=O) groups is 1. The lowest BCUT2D eigenvalue weighted by Gasteiger charge is -2.43. The summed E-state index contributed by atoms with van der Waals surface area (Å²) in [4.78, 5) is 11.3. The molecule has 0 aromatic rings. The van der Waals surface area contributed by atoms with Gasteiger partial charge in [-0.05, 0) is 66.9 Å². The molecule has 3 heteroatoms. The zero-order valence-corrected chi connectivity index (χ0v) is 15.6. The summed E-state index contributed by atoms with van der Waals surface area (Å²) in [5, 5.41) is 19.9. The number of fused-ring (bicyclic) bond motifs is 1. The summed E-state index contributed by atoms with van der Waals surface area (Å²) in [6.45, 7) is 8.45. The van der Waals surface area contributed by atoms with E-state index in [-0.39, 0.29) is 11.3 Å². The van der Waals surface area contributed by atoms with Crippen molar-refractivity contribution >= 4 is 6.29 Å². The zero-order chi connectivity index (χ0) is 18.2. The van der Waals surface area contributed by atoms with Crippen LogP contribution in [0.1, 0.15) is 58.8 Å². The van der Waals surface area contributed by atoms with Crippen molar-refractivity contribution < 1.29 is 15.0 Å². The van der Waals surface area contributed by atoms with Gasteiger partial charge in [-0.1, -0.05) is 38.2 Å². The first kappa shape index (κ1) is 18.6. The molecule has 3 fully saturated rings. The van der Waals surface area contributed by atoms with E-state index in [0.717, 1.165) is 30.3 Å². The maximum Gasteiger partial charge on any atom is 0.123 e. The Bertz CT molecular complexity index is 602. The van der Waals surface area contributed by atoms with E-state index in [4.69, 9.17) is 0 Å². The molecule has 0 amide bonds. The molecule has 0 unspecified atom stereocenters. The minimum atomic E-state index is -0.630. The fourth-order valence-corrected chi connectivity index (χ4v) is 5.70. The van der Waals surface area contributed by atoms with Gasteiger partial charge in [0, 0.05) is 12.3 Å². The molecule has 3 aliphatic rings. The summed E-state index contributed by atoms with van der Waals surface area (Å²) < 4.78 is 0. The molecule has 0 aromatic heterocycles. The zero-order valence-electron chi connectivity index (χ0n) is 15.6. The van der Waals surface area contributed by atoms with Crippen LogP contribution < -0.4 is 0 Å². The topological polar surface area (TPSA) is 57.5 Å². The Morgan fingerprint density at radius 1 is 1.28 bits per heavy atom. The summed E-state index contributed by atoms with van der Waals surface area (Å²) in [6.07, 6.45) is 11.1. The Hall–Kier alpha value is -1.19. The smallest absolute Gasteiger partial charge is 0.123 e. The van der Waals surface area contributed by atoms with Crippen LogP contribution in [0.3, 0.4) is 0 Å². The average molecular weight is 344 g/mol. The molecule has 0 radical (unpaired) electrons. The van der Waals surface area contributed by atoms with E-state index in [1.807, 2.05) is 0 Å². The van der Waals surface area contributed by atoms with Crippen molar-refractivity contribution in [3.8, 4) is 0 Å². The fraction of sp³-hybridized carbons (Fsp3) is 0.682. The quantitative estimate of drug-likeness (QED) is 0.762. The molecule has 3 saturated carbocycles. The van der Waals surface area contributed by atoms with Crippen molar-refractivity contribution in [3.63, 3.8) is 0 Å². The molecule has 138 valence electrons. The number of hydrogen-bond acceptors (Lipinski definition) is 3. The van der Waals surface area contributed by atoms with Gasteiger partial charge in [0.05, 0.1) is 12.2 Å². The first-order valence-corrected chi connectivity index (χ1v) is 9.77. The SMILES string of the molecule is C=C1/C(=C\C=C2/CCC[C@]3(C)[C@@H]([C@@H](C)C=O)CC[C@@H]23)C[C@@H](O)C[C@@H]1O. The average Bonchev–Trinajstić information content (AvgIpc) is 2.93. The van der Waals surface area contributed by atoms with Gasteiger partial charge in [-0.3, -0.25) is 0 Å². The number of aldehydes is 1. The Labute approximate surface area is 151 Å². The maximum absolute atomic E-state index is 11.3. The number of aliphatic hydroxyl groups excluding tert-OH is 2. The van der Waals surface area contributed by atoms with Crippen molar-refractivity contribution in [2.75, 3.05) is 0 Å². The summed E-state index contributed by atoms with van der Waals surface area (Å²) in [6, 6.07) is 0. The summed E-state index contributed by atoms with van der Waals surface area (Å²) in [7, 11) is 0. The maximum atomic E-state index is 11.3. The largest absolute Gasteiger partial charge is 0.393 e. The van der Waals surface area contributed by atoms with Gasteiger partial charge in [0.25, 0.3) is 0 Å². The highest BCUT2D eigenvalue weighted by atomic mass is 16.3. The molecular formula is C22H32O3. The Balaban J connectivity index is 1.83. The number of rotatable bonds is 3. The summed E-state index contributed by atoms with van der Waals surface area (Å²) in [5.41, 5.74) is 3.43. The Morgan fingerprint density at radius 2 is 2.04 bits per heavy atom. The van der Waals surface area contributed by atoms with Crippen LogP contribution in [0.15, 0.2) is 35.5 Å². The molecule has 2 N–H and O–H groups in total. The molecule has 3 aliphatic carbocycles. The van der Waals surface area contributed by atoms with Crippen LogP contribution >= 0.6 is 0 Å². The molecule has 25 heavy (non-hydrogen) atoms. The van der Waals surface area contributed by atoms with Gasteiger partial charge >= 0.3 is 0 Å². The highest BCUT2D eigenvalue weighted by Gasteiger charge is 2.50. The van der Waals surface area contributed by atoms with Gasteiger partial charge in [0.2, 0.25) is 0 Å². The van der Waals surface area contributed by atoms with E-state index in [9.17, 15) is 15.0 Å². The summed E-state index contributed by atoms with van der Waals surface area (Å²) in [5.74, 6) is 1.17. The standard InChI is InChI=1S/C22H32O3/c1-14(13-23)19-8-9-20-16(5-4-10-22(19,20)3)6-7-17-11-18(24)12-21(25)15(17)2/h6-7,13-14,18-21,24-25H,2,4-5,8-12H2,1,3H3/b16-6+,17-7-/t14-,18+,19+,20-,21-,22+/m0/s1. The monoisotopic (exact) mass is 344 g/mol. The van der Waals surface area contributed by atoms with Gasteiger partial charge < -0.3 is 15.0 Å². The molecule has 3 nitrogen and oxygen atoms in total. The minimum Gasteiger partial charge on any atom is -0.393 e. The van der Waals surface area contributed by atoms with Crippen molar-refractivity contribution in [2.24, 2.45) is 23.2 Å². The number of allylic oxidation sites excluding steroid dienone is 3. The molecule has 6 atom stereocenters. The highest BCUT2D eigenvalue weighted by Crippen LogP contribution is 2.59. The van der Waals surface area contributed by atoms with E-state index in [1.165, 1.54) is 24.8 Å². The van der Waals surface area contributed by atoms with Crippen molar-refractivity contribution in [1.82, 2.24) is 0 Å². The van der Waals surface area contributed by atoms with E-state index < -0.39 is 12.2 Å². The highest BCUT2D eigenvalue weighted by molar-refractivity contribution is 5.54. The molecule has 0 aromatic carbocycles. The van der Waals surface area contributed by atoms with Crippen molar-refractivity contribution in [3.05, 3.63) is 35.5 Å².